The van der Waals surface area contributed by atoms with Crippen molar-refractivity contribution in [2.75, 3.05) is 13.2 Å². The minimum atomic E-state index is -0.473. The summed E-state index contributed by atoms with van der Waals surface area (Å²) in [5, 5.41) is -0.473. The van der Waals surface area contributed by atoms with Gasteiger partial charge in [-0.25, -0.2) is 4.79 Å². The van der Waals surface area contributed by atoms with Gasteiger partial charge in [0.1, 0.15) is 5.75 Å². The Morgan fingerprint density at radius 2 is 1.67 bits per heavy atom. The third kappa shape index (κ3) is 7.51. The summed E-state index contributed by atoms with van der Waals surface area (Å²) >= 11 is 5.36. The van der Waals surface area contributed by atoms with Crippen LogP contribution in [0, 0.1) is 0 Å². The molecule has 5 heteroatoms. The van der Waals surface area contributed by atoms with Crippen LogP contribution in [0.2, 0.25) is 0 Å². The summed E-state index contributed by atoms with van der Waals surface area (Å²) in [7, 11) is 0. The van der Waals surface area contributed by atoms with E-state index in [1.807, 2.05) is 0 Å². The Bertz CT molecular complexity index is 468. The van der Waals surface area contributed by atoms with E-state index in [1.165, 1.54) is 0 Å². The van der Waals surface area contributed by atoms with E-state index in [1.54, 1.807) is 24.3 Å². The molecule has 1 aromatic rings. The van der Waals surface area contributed by atoms with Crippen LogP contribution in [-0.2, 0) is 9.53 Å². The van der Waals surface area contributed by atoms with Crippen LogP contribution in [0.1, 0.15) is 36.0 Å². The van der Waals surface area contributed by atoms with Crippen molar-refractivity contribution in [1.82, 2.24) is 0 Å². The summed E-state index contributed by atoms with van der Waals surface area (Å²) < 4.78 is 10.4. The molecule has 0 fully saturated rings. The highest BCUT2D eigenvalue weighted by atomic mass is 35.5. The van der Waals surface area contributed by atoms with Crippen LogP contribution >= 0.6 is 11.6 Å². The molecular formula is C16H19ClO4. The van der Waals surface area contributed by atoms with Crippen molar-refractivity contribution in [2.24, 2.45) is 0 Å². The zero-order valence-electron chi connectivity index (χ0n) is 11.8. The minimum absolute atomic E-state index is 0.378. The molecule has 1 aromatic carbocycles. The van der Waals surface area contributed by atoms with Gasteiger partial charge in [0.2, 0.25) is 0 Å². The monoisotopic (exact) mass is 310 g/mol. The fourth-order valence-corrected chi connectivity index (χ4v) is 1.79. The first kappa shape index (κ1) is 17.2. The third-order valence-corrected chi connectivity index (χ3v) is 3.02. The molecule has 114 valence electrons. The standard InChI is InChI=1S/C16H19ClO4/c1-2-15(18)21-12-6-4-3-5-11-20-14-9-7-13(8-10-14)16(17)19/h2,7-10H,1,3-6,11-12H2. The average Bonchev–Trinajstić information content (AvgIpc) is 2.50. The van der Waals surface area contributed by atoms with Crippen LogP contribution in [0.4, 0.5) is 0 Å². The molecular weight excluding hydrogens is 292 g/mol. The number of carbonyl (C=O) groups is 2. The fraction of sp³-hybridized carbons (Fsp3) is 0.375. The zero-order valence-corrected chi connectivity index (χ0v) is 12.6. The van der Waals surface area contributed by atoms with Gasteiger partial charge in [0, 0.05) is 11.6 Å². The van der Waals surface area contributed by atoms with E-state index < -0.39 is 5.24 Å². The van der Waals surface area contributed by atoms with Crippen molar-refractivity contribution in [2.45, 2.75) is 25.7 Å². The molecule has 0 spiro atoms. The maximum absolute atomic E-state index is 10.9. The third-order valence-electron chi connectivity index (χ3n) is 2.80. The first-order valence-corrected chi connectivity index (χ1v) is 7.23. The molecule has 0 saturated carbocycles. The SMILES string of the molecule is C=CC(=O)OCCCCCCOc1ccc(C(=O)Cl)cc1. The summed E-state index contributed by atoms with van der Waals surface area (Å²) in [6, 6.07) is 6.73. The van der Waals surface area contributed by atoms with Crippen molar-refractivity contribution >= 4 is 22.8 Å². The number of rotatable bonds is 10. The number of ether oxygens (including phenoxy) is 2. The molecule has 0 aliphatic rings. The Hall–Kier alpha value is -1.81. The highest BCUT2D eigenvalue weighted by molar-refractivity contribution is 6.67. The number of hydrogen-bond donors (Lipinski definition) is 0. The lowest BCUT2D eigenvalue weighted by atomic mass is 10.2. The first-order valence-electron chi connectivity index (χ1n) is 6.85. The van der Waals surface area contributed by atoms with Crippen molar-refractivity contribution < 1.29 is 19.1 Å². The number of halogens is 1. The summed E-state index contributed by atoms with van der Waals surface area (Å²) in [6.45, 7) is 4.37. The van der Waals surface area contributed by atoms with E-state index in [0.29, 0.717) is 18.8 Å². The van der Waals surface area contributed by atoms with Crippen LogP contribution in [0.5, 0.6) is 5.75 Å². The van der Waals surface area contributed by atoms with Crippen molar-refractivity contribution in [1.29, 1.82) is 0 Å². The second-order valence-corrected chi connectivity index (χ2v) is 4.78. The quantitative estimate of drug-likeness (QED) is 0.286. The molecule has 0 heterocycles. The van der Waals surface area contributed by atoms with Gasteiger partial charge in [-0.1, -0.05) is 6.58 Å². The van der Waals surface area contributed by atoms with E-state index >= 15 is 0 Å². The molecule has 0 aliphatic carbocycles. The van der Waals surface area contributed by atoms with E-state index in [4.69, 9.17) is 21.1 Å². The second kappa shape index (κ2) is 10.00. The van der Waals surface area contributed by atoms with Crippen molar-refractivity contribution in [3.63, 3.8) is 0 Å². The Morgan fingerprint density at radius 3 is 2.24 bits per heavy atom. The molecule has 0 saturated heterocycles. The average molecular weight is 311 g/mol. The smallest absolute Gasteiger partial charge is 0.330 e. The van der Waals surface area contributed by atoms with Gasteiger partial charge in [0.15, 0.2) is 0 Å². The van der Waals surface area contributed by atoms with E-state index in [2.05, 4.69) is 6.58 Å². The molecule has 0 radical (unpaired) electrons. The zero-order chi connectivity index (χ0) is 15.5. The number of carbonyl (C=O) groups excluding carboxylic acids is 2. The van der Waals surface area contributed by atoms with Gasteiger partial charge >= 0.3 is 5.97 Å². The summed E-state index contributed by atoms with van der Waals surface area (Å²) in [4.78, 5) is 21.7. The highest BCUT2D eigenvalue weighted by Gasteiger charge is 2.01. The first-order chi connectivity index (χ1) is 10.1. The summed E-state index contributed by atoms with van der Waals surface area (Å²) in [5.74, 6) is 0.341. The maximum atomic E-state index is 10.9. The van der Waals surface area contributed by atoms with Crippen LogP contribution in [-0.4, -0.2) is 24.4 Å². The summed E-state index contributed by atoms with van der Waals surface area (Å²) in [6.07, 6.45) is 4.91. The molecule has 0 bridgehead atoms. The van der Waals surface area contributed by atoms with Gasteiger partial charge in [0.25, 0.3) is 5.24 Å². The molecule has 0 aliphatic heterocycles. The van der Waals surface area contributed by atoms with E-state index in [-0.39, 0.29) is 5.97 Å². The van der Waals surface area contributed by atoms with Crippen LogP contribution in [0.3, 0.4) is 0 Å². The Morgan fingerprint density at radius 1 is 1.05 bits per heavy atom. The van der Waals surface area contributed by atoms with E-state index in [9.17, 15) is 9.59 Å². The molecule has 0 atom stereocenters. The normalized spacial score (nSPS) is 9.95. The van der Waals surface area contributed by atoms with Crippen LogP contribution in [0.15, 0.2) is 36.9 Å². The fourth-order valence-electron chi connectivity index (χ4n) is 1.66. The molecule has 4 nitrogen and oxygen atoms in total. The molecule has 1 rings (SSSR count). The minimum Gasteiger partial charge on any atom is -0.494 e. The largest absolute Gasteiger partial charge is 0.494 e. The maximum Gasteiger partial charge on any atom is 0.330 e. The van der Waals surface area contributed by atoms with E-state index in [0.717, 1.165) is 37.5 Å². The number of hydrogen-bond acceptors (Lipinski definition) is 4. The predicted molar refractivity (Wildman–Crippen MR) is 81.7 cm³/mol. The van der Waals surface area contributed by atoms with Gasteiger partial charge in [-0.05, 0) is 61.5 Å². The van der Waals surface area contributed by atoms with Crippen molar-refractivity contribution in [3.05, 3.63) is 42.5 Å². The van der Waals surface area contributed by atoms with Gasteiger partial charge in [-0.15, -0.1) is 0 Å². The summed E-state index contributed by atoms with van der Waals surface area (Å²) in [5.41, 5.74) is 0.457. The number of esters is 1. The Labute approximate surface area is 129 Å². The molecule has 0 aromatic heterocycles. The van der Waals surface area contributed by atoms with Crippen LogP contribution < -0.4 is 4.74 Å². The van der Waals surface area contributed by atoms with Crippen LogP contribution in [0.25, 0.3) is 0 Å². The topological polar surface area (TPSA) is 52.6 Å². The highest BCUT2D eigenvalue weighted by Crippen LogP contribution is 2.14. The lowest BCUT2D eigenvalue weighted by Gasteiger charge is -2.06. The second-order valence-electron chi connectivity index (χ2n) is 4.43. The molecule has 0 amide bonds. The Balaban J connectivity index is 2.05. The molecule has 0 N–H and O–H groups in total. The van der Waals surface area contributed by atoms with Gasteiger partial charge < -0.3 is 9.47 Å². The predicted octanol–water partition coefficient (Wildman–Crippen LogP) is 3.73. The number of benzene rings is 1. The number of unbranched alkanes of at least 4 members (excludes halogenated alkanes) is 3. The van der Waals surface area contributed by atoms with Gasteiger partial charge in [0.05, 0.1) is 13.2 Å². The lowest BCUT2D eigenvalue weighted by Crippen LogP contribution is -2.02. The van der Waals surface area contributed by atoms with Crippen molar-refractivity contribution in [3.8, 4) is 5.75 Å². The molecule has 0 unspecified atom stereocenters. The molecule has 21 heavy (non-hydrogen) atoms. The van der Waals surface area contributed by atoms with Gasteiger partial charge in [-0.2, -0.15) is 0 Å². The Kier molecular flexibility index (Phi) is 8.21. The van der Waals surface area contributed by atoms with Gasteiger partial charge in [-0.3, -0.25) is 4.79 Å². The lowest BCUT2D eigenvalue weighted by molar-refractivity contribution is -0.137.